The Kier molecular flexibility index (Phi) is 7.56. The van der Waals surface area contributed by atoms with Crippen LogP contribution in [0.15, 0.2) is 91.3 Å². The van der Waals surface area contributed by atoms with Crippen LogP contribution in [-0.4, -0.2) is 57.3 Å². The zero-order valence-corrected chi connectivity index (χ0v) is 24.4. The van der Waals surface area contributed by atoms with Gasteiger partial charge in [-0.3, -0.25) is 9.78 Å². The largest absolute Gasteiger partial charge is 0.489 e. The number of nitrogens with zero attached hydrogens (tertiary/aromatic N) is 5. The number of hydrogen-bond donors (Lipinski definition) is 0. The monoisotopic (exact) mass is 569 g/mol. The lowest BCUT2D eigenvalue weighted by atomic mass is 9.90. The van der Waals surface area contributed by atoms with Gasteiger partial charge in [-0.05, 0) is 98.4 Å². The molecule has 1 saturated heterocycles. The average Bonchev–Trinajstić information content (AvgIpc) is 3.07. The quantitative estimate of drug-likeness (QED) is 0.240. The molecule has 2 aliphatic heterocycles. The number of pyridine rings is 1. The molecule has 3 aromatic carbocycles. The van der Waals surface area contributed by atoms with E-state index in [0.717, 1.165) is 58.5 Å². The Morgan fingerprint density at radius 2 is 1.70 bits per heavy atom. The number of carbonyl (C=O) groups excluding carboxylic acids is 1. The van der Waals surface area contributed by atoms with Gasteiger partial charge in [0.25, 0.3) is 5.91 Å². The van der Waals surface area contributed by atoms with Gasteiger partial charge in [-0.2, -0.15) is 0 Å². The van der Waals surface area contributed by atoms with Gasteiger partial charge in [-0.25, -0.2) is 9.97 Å². The lowest BCUT2D eigenvalue weighted by Gasteiger charge is -2.29. The fourth-order valence-electron chi connectivity index (χ4n) is 6.08. The maximum Gasteiger partial charge on any atom is 0.254 e. The number of carbonyl (C=O) groups is 1. The second-order valence-electron chi connectivity index (χ2n) is 11.7. The number of para-hydroxylation sites is 1. The van der Waals surface area contributed by atoms with Crippen molar-refractivity contribution < 1.29 is 9.53 Å². The van der Waals surface area contributed by atoms with Crippen molar-refractivity contribution in [1.29, 1.82) is 0 Å². The number of rotatable bonds is 6. The van der Waals surface area contributed by atoms with Gasteiger partial charge in [-0.1, -0.05) is 42.5 Å². The fraction of sp³-hybridized carbons (Fsp3) is 0.278. The number of ether oxygens (including phenoxy) is 1. The van der Waals surface area contributed by atoms with Crippen molar-refractivity contribution in [2.45, 2.75) is 38.3 Å². The molecular weight excluding hydrogens is 534 g/mol. The summed E-state index contributed by atoms with van der Waals surface area (Å²) in [4.78, 5) is 31.7. The molecule has 1 amide bonds. The predicted octanol–water partition coefficient (Wildman–Crippen LogP) is 6.28. The van der Waals surface area contributed by atoms with Crippen LogP contribution >= 0.6 is 0 Å². The van der Waals surface area contributed by atoms with Gasteiger partial charge in [0.15, 0.2) is 5.82 Å². The summed E-state index contributed by atoms with van der Waals surface area (Å²) >= 11 is 0. The molecule has 7 nitrogen and oxygen atoms in total. The molecule has 0 radical (unpaired) electrons. The minimum atomic E-state index is 0.00940. The lowest BCUT2D eigenvalue weighted by molar-refractivity contribution is 0.0731. The highest BCUT2D eigenvalue weighted by atomic mass is 16.5. The first-order valence-electron chi connectivity index (χ1n) is 15.1. The molecule has 7 rings (SSSR count). The van der Waals surface area contributed by atoms with Crippen molar-refractivity contribution in [3.63, 3.8) is 0 Å². The molecule has 7 heteroatoms. The summed E-state index contributed by atoms with van der Waals surface area (Å²) in [7, 11) is 2.19. The Morgan fingerprint density at radius 1 is 0.907 bits per heavy atom. The van der Waals surface area contributed by atoms with Crippen molar-refractivity contribution in [2.24, 2.45) is 0 Å². The standard InChI is InChI=1S/C36H35N5O2/c1-40-17-14-27(15-18-40)26-10-12-32(13-11-26)43-24-25-6-8-28(9-7-25)36(42)41-19-16-30-21-38-35(39-34(30)23-41)31-20-29-4-2-3-5-33(29)37-22-31/h2-13,20-22,27H,14-19,23-24H2,1H3. The van der Waals surface area contributed by atoms with Crippen LogP contribution in [0.25, 0.3) is 22.3 Å². The third-order valence-corrected chi connectivity index (χ3v) is 8.76. The number of piperidine rings is 1. The van der Waals surface area contributed by atoms with E-state index in [2.05, 4.69) is 52.2 Å². The van der Waals surface area contributed by atoms with Gasteiger partial charge in [0.05, 0.1) is 17.8 Å². The van der Waals surface area contributed by atoms with Crippen molar-refractivity contribution >= 4 is 16.8 Å². The molecule has 0 N–H and O–H groups in total. The van der Waals surface area contributed by atoms with E-state index < -0.39 is 0 Å². The topological polar surface area (TPSA) is 71.5 Å². The van der Waals surface area contributed by atoms with Crippen LogP contribution in [0.1, 0.15) is 51.5 Å². The first kappa shape index (κ1) is 27.2. The Morgan fingerprint density at radius 3 is 2.51 bits per heavy atom. The summed E-state index contributed by atoms with van der Waals surface area (Å²) in [6, 6.07) is 26.4. The first-order valence-corrected chi connectivity index (χ1v) is 15.1. The number of aromatic nitrogens is 3. The maximum absolute atomic E-state index is 13.4. The summed E-state index contributed by atoms with van der Waals surface area (Å²) < 4.78 is 6.06. The summed E-state index contributed by atoms with van der Waals surface area (Å²) in [6.07, 6.45) is 6.87. The minimum Gasteiger partial charge on any atom is -0.489 e. The SMILES string of the molecule is CN1CCC(c2ccc(OCc3ccc(C(=O)N4CCc5cnc(-c6cnc7ccccc7c6)nc5C4)cc3)cc2)CC1. The molecule has 0 bridgehead atoms. The molecule has 0 spiro atoms. The van der Waals surface area contributed by atoms with E-state index in [0.29, 0.717) is 37.0 Å². The maximum atomic E-state index is 13.4. The van der Waals surface area contributed by atoms with E-state index in [9.17, 15) is 4.79 Å². The van der Waals surface area contributed by atoms with Gasteiger partial charge in [-0.15, -0.1) is 0 Å². The number of amides is 1. The Hall–Kier alpha value is -4.62. The van der Waals surface area contributed by atoms with Gasteiger partial charge >= 0.3 is 0 Å². The van der Waals surface area contributed by atoms with E-state index in [1.807, 2.05) is 65.8 Å². The summed E-state index contributed by atoms with van der Waals surface area (Å²) in [5.41, 5.74) is 6.89. The fourth-order valence-corrected chi connectivity index (χ4v) is 6.08. The second-order valence-corrected chi connectivity index (χ2v) is 11.7. The first-order chi connectivity index (χ1) is 21.1. The van der Waals surface area contributed by atoms with E-state index >= 15 is 0 Å². The zero-order valence-electron chi connectivity index (χ0n) is 24.4. The van der Waals surface area contributed by atoms with E-state index in [1.54, 1.807) is 0 Å². The molecule has 0 unspecified atom stereocenters. The highest BCUT2D eigenvalue weighted by Gasteiger charge is 2.24. The lowest BCUT2D eigenvalue weighted by Crippen LogP contribution is -2.36. The summed E-state index contributed by atoms with van der Waals surface area (Å²) in [6.45, 7) is 3.88. The average molecular weight is 570 g/mol. The molecule has 0 aliphatic carbocycles. The van der Waals surface area contributed by atoms with Gasteiger partial charge in [0.1, 0.15) is 12.4 Å². The van der Waals surface area contributed by atoms with Crippen LogP contribution in [0.4, 0.5) is 0 Å². The van der Waals surface area contributed by atoms with Crippen molar-refractivity contribution in [3.8, 4) is 17.1 Å². The Bertz CT molecular complexity index is 1740. The van der Waals surface area contributed by atoms with Crippen molar-refractivity contribution in [2.75, 3.05) is 26.7 Å². The van der Waals surface area contributed by atoms with Crippen molar-refractivity contribution in [3.05, 3.63) is 119 Å². The van der Waals surface area contributed by atoms with Crippen LogP contribution in [0.5, 0.6) is 5.75 Å². The van der Waals surface area contributed by atoms with Crippen molar-refractivity contribution in [1.82, 2.24) is 24.8 Å². The van der Waals surface area contributed by atoms with E-state index in [-0.39, 0.29) is 5.91 Å². The van der Waals surface area contributed by atoms with E-state index in [1.165, 1.54) is 18.4 Å². The number of benzene rings is 3. The zero-order chi connectivity index (χ0) is 29.2. The van der Waals surface area contributed by atoms with Crippen LogP contribution in [0.2, 0.25) is 0 Å². The molecule has 43 heavy (non-hydrogen) atoms. The van der Waals surface area contributed by atoms with Gasteiger partial charge < -0.3 is 14.5 Å². The molecule has 4 heterocycles. The number of likely N-dealkylation sites (tertiary alicyclic amines) is 1. The Labute approximate surface area is 252 Å². The molecule has 1 fully saturated rings. The third-order valence-electron chi connectivity index (χ3n) is 8.76. The summed E-state index contributed by atoms with van der Waals surface area (Å²) in [5.74, 6) is 2.15. The van der Waals surface area contributed by atoms with Gasteiger partial charge in [0.2, 0.25) is 0 Å². The van der Waals surface area contributed by atoms with Crippen LogP contribution < -0.4 is 4.74 Å². The molecular formula is C36H35N5O2. The van der Waals surface area contributed by atoms with Gasteiger partial charge in [0, 0.05) is 35.5 Å². The predicted molar refractivity (Wildman–Crippen MR) is 168 cm³/mol. The molecule has 0 atom stereocenters. The molecule has 5 aromatic rings. The van der Waals surface area contributed by atoms with Crippen LogP contribution in [0.3, 0.4) is 0 Å². The number of hydrogen-bond acceptors (Lipinski definition) is 6. The molecule has 2 aromatic heterocycles. The second kappa shape index (κ2) is 11.9. The molecule has 2 aliphatic rings. The highest BCUT2D eigenvalue weighted by Crippen LogP contribution is 2.29. The number of fused-ring (bicyclic) bond motifs is 2. The minimum absolute atomic E-state index is 0.00940. The normalized spacial score (nSPS) is 15.8. The smallest absolute Gasteiger partial charge is 0.254 e. The molecule has 216 valence electrons. The highest BCUT2D eigenvalue weighted by molar-refractivity contribution is 5.94. The third kappa shape index (κ3) is 5.99. The molecule has 0 saturated carbocycles. The Balaban J connectivity index is 0.972. The van der Waals surface area contributed by atoms with Crippen LogP contribution in [0, 0.1) is 0 Å². The van der Waals surface area contributed by atoms with Crippen LogP contribution in [-0.2, 0) is 19.6 Å². The summed E-state index contributed by atoms with van der Waals surface area (Å²) in [5, 5.41) is 1.05. The van der Waals surface area contributed by atoms with E-state index in [4.69, 9.17) is 9.72 Å².